The maximum atomic E-state index is 10.6. The predicted molar refractivity (Wildman–Crippen MR) is 58.3 cm³/mol. The van der Waals surface area contributed by atoms with Crippen LogP contribution in [0.1, 0.15) is 23.7 Å². The lowest BCUT2D eigenvalue weighted by Gasteiger charge is -2.02. The lowest BCUT2D eigenvalue weighted by molar-refractivity contribution is 0.0697. The molecule has 1 rings (SSSR count). The Labute approximate surface area is 89.0 Å². The highest BCUT2D eigenvalue weighted by molar-refractivity contribution is 5.87. The van der Waals surface area contributed by atoms with Gasteiger partial charge in [0.2, 0.25) is 0 Å². The molecule has 0 bridgehead atoms. The van der Waals surface area contributed by atoms with Gasteiger partial charge in [-0.1, -0.05) is 19.1 Å². The summed E-state index contributed by atoms with van der Waals surface area (Å²) >= 11 is 0. The van der Waals surface area contributed by atoms with Crippen LogP contribution in [0.4, 0.5) is 0 Å². The third-order valence-corrected chi connectivity index (χ3v) is 1.85. The molecule has 0 aliphatic heterocycles. The molecule has 15 heavy (non-hydrogen) atoms. The predicted octanol–water partition coefficient (Wildman–Crippen LogP) is 2.73. The average Bonchev–Trinajstić information content (AvgIpc) is 2.25. The number of aromatic carboxylic acids is 1. The highest BCUT2D eigenvalue weighted by Crippen LogP contribution is 2.11. The molecule has 0 amide bonds. The first-order valence-electron chi connectivity index (χ1n) is 4.85. The molecule has 0 saturated heterocycles. The molecule has 0 fully saturated rings. The van der Waals surface area contributed by atoms with E-state index < -0.39 is 5.97 Å². The van der Waals surface area contributed by atoms with E-state index in [1.807, 2.05) is 12.2 Å². The summed E-state index contributed by atoms with van der Waals surface area (Å²) < 4.78 is 5.36. The minimum atomic E-state index is -0.924. The first kappa shape index (κ1) is 11.3. The summed E-state index contributed by atoms with van der Waals surface area (Å²) in [6.45, 7) is 2.57. The SMILES string of the molecule is CC/C=C/COc1ccc(C(=O)O)cc1. The summed E-state index contributed by atoms with van der Waals surface area (Å²) in [5, 5.41) is 8.67. The number of hydrogen-bond acceptors (Lipinski definition) is 2. The standard InChI is InChI=1S/C12H14O3/c1-2-3-4-9-15-11-7-5-10(6-8-11)12(13)14/h3-8H,2,9H2,1H3,(H,13,14)/b4-3+. The van der Waals surface area contributed by atoms with Crippen molar-refractivity contribution in [2.75, 3.05) is 6.61 Å². The first-order chi connectivity index (χ1) is 7.24. The summed E-state index contributed by atoms with van der Waals surface area (Å²) in [7, 11) is 0. The molecular weight excluding hydrogens is 192 g/mol. The van der Waals surface area contributed by atoms with Crippen molar-refractivity contribution >= 4 is 5.97 Å². The van der Waals surface area contributed by atoms with Crippen molar-refractivity contribution in [3.63, 3.8) is 0 Å². The molecule has 0 heterocycles. The van der Waals surface area contributed by atoms with E-state index in [9.17, 15) is 4.79 Å². The van der Waals surface area contributed by atoms with Gasteiger partial charge in [-0.15, -0.1) is 0 Å². The van der Waals surface area contributed by atoms with E-state index in [4.69, 9.17) is 9.84 Å². The Morgan fingerprint density at radius 3 is 2.53 bits per heavy atom. The number of hydrogen-bond donors (Lipinski definition) is 1. The van der Waals surface area contributed by atoms with Crippen molar-refractivity contribution in [2.45, 2.75) is 13.3 Å². The van der Waals surface area contributed by atoms with Crippen LogP contribution >= 0.6 is 0 Å². The number of allylic oxidation sites excluding steroid dienone is 1. The van der Waals surface area contributed by atoms with Gasteiger partial charge < -0.3 is 9.84 Å². The van der Waals surface area contributed by atoms with Crippen LogP contribution in [0.2, 0.25) is 0 Å². The van der Waals surface area contributed by atoms with Crippen LogP contribution < -0.4 is 4.74 Å². The van der Waals surface area contributed by atoms with Crippen molar-refractivity contribution in [1.29, 1.82) is 0 Å². The smallest absolute Gasteiger partial charge is 0.335 e. The molecule has 1 aromatic rings. The highest BCUT2D eigenvalue weighted by Gasteiger charge is 2.01. The Morgan fingerprint density at radius 2 is 2.00 bits per heavy atom. The Hall–Kier alpha value is -1.77. The van der Waals surface area contributed by atoms with Crippen molar-refractivity contribution < 1.29 is 14.6 Å². The van der Waals surface area contributed by atoms with Gasteiger partial charge in [-0.05, 0) is 30.7 Å². The van der Waals surface area contributed by atoms with Crippen LogP contribution in [-0.2, 0) is 0 Å². The Balaban J connectivity index is 2.50. The van der Waals surface area contributed by atoms with E-state index in [0.717, 1.165) is 6.42 Å². The van der Waals surface area contributed by atoms with Crippen LogP contribution in [-0.4, -0.2) is 17.7 Å². The van der Waals surface area contributed by atoms with Crippen LogP contribution in [0.15, 0.2) is 36.4 Å². The maximum Gasteiger partial charge on any atom is 0.335 e. The summed E-state index contributed by atoms with van der Waals surface area (Å²) in [5.41, 5.74) is 0.270. The molecule has 3 nitrogen and oxygen atoms in total. The average molecular weight is 206 g/mol. The van der Waals surface area contributed by atoms with E-state index >= 15 is 0 Å². The molecular formula is C12H14O3. The van der Waals surface area contributed by atoms with Gasteiger partial charge in [0.05, 0.1) is 5.56 Å². The van der Waals surface area contributed by atoms with Crippen molar-refractivity contribution in [1.82, 2.24) is 0 Å². The lowest BCUT2D eigenvalue weighted by atomic mass is 10.2. The summed E-state index contributed by atoms with van der Waals surface area (Å²) in [6.07, 6.45) is 4.94. The molecule has 1 aromatic carbocycles. The van der Waals surface area contributed by atoms with Gasteiger partial charge in [0.25, 0.3) is 0 Å². The maximum absolute atomic E-state index is 10.6. The Kier molecular flexibility index (Phi) is 4.41. The lowest BCUT2D eigenvalue weighted by Crippen LogP contribution is -1.97. The second kappa shape index (κ2) is 5.86. The number of carboxylic acid groups (broad SMARTS) is 1. The number of rotatable bonds is 5. The molecule has 0 aromatic heterocycles. The van der Waals surface area contributed by atoms with E-state index in [1.165, 1.54) is 12.1 Å². The highest BCUT2D eigenvalue weighted by atomic mass is 16.5. The fourth-order valence-electron chi connectivity index (χ4n) is 1.07. The fourth-order valence-corrected chi connectivity index (χ4v) is 1.07. The van der Waals surface area contributed by atoms with Crippen LogP contribution in [0.5, 0.6) is 5.75 Å². The minimum absolute atomic E-state index is 0.270. The van der Waals surface area contributed by atoms with Gasteiger partial charge in [0.1, 0.15) is 12.4 Å². The molecule has 0 unspecified atom stereocenters. The molecule has 0 radical (unpaired) electrons. The van der Waals surface area contributed by atoms with Crippen molar-refractivity contribution in [3.05, 3.63) is 42.0 Å². The zero-order valence-corrected chi connectivity index (χ0v) is 8.64. The monoisotopic (exact) mass is 206 g/mol. The van der Waals surface area contributed by atoms with Gasteiger partial charge in [-0.2, -0.15) is 0 Å². The molecule has 0 atom stereocenters. The van der Waals surface area contributed by atoms with Crippen LogP contribution in [0.25, 0.3) is 0 Å². The van der Waals surface area contributed by atoms with E-state index in [2.05, 4.69) is 6.92 Å². The normalized spacial score (nSPS) is 10.5. The fraction of sp³-hybridized carbons (Fsp3) is 0.250. The molecule has 0 aliphatic rings. The van der Waals surface area contributed by atoms with Crippen LogP contribution in [0.3, 0.4) is 0 Å². The molecule has 0 spiro atoms. The summed E-state index contributed by atoms with van der Waals surface area (Å²) in [4.78, 5) is 10.6. The quantitative estimate of drug-likeness (QED) is 0.753. The van der Waals surface area contributed by atoms with E-state index in [1.54, 1.807) is 12.1 Å². The zero-order chi connectivity index (χ0) is 11.1. The molecule has 1 N–H and O–H groups in total. The molecule has 0 saturated carbocycles. The third kappa shape index (κ3) is 3.85. The third-order valence-electron chi connectivity index (χ3n) is 1.85. The van der Waals surface area contributed by atoms with Gasteiger partial charge in [0, 0.05) is 0 Å². The van der Waals surface area contributed by atoms with Gasteiger partial charge in [-0.25, -0.2) is 4.79 Å². The number of carbonyl (C=O) groups is 1. The van der Waals surface area contributed by atoms with Gasteiger partial charge in [0.15, 0.2) is 0 Å². The Morgan fingerprint density at radius 1 is 1.33 bits per heavy atom. The second-order valence-electron chi connectivity index (χ2n) is 3.02. The van der Waals surface area contributed by atoms with E-state index in [-0.39, 0.29) is 5.56 Å². The number of ether oxygens (including phenoxy) is 1. The van der Waals surface area contributed by atoms with E-state index in [0.29, 0.717) is 12.4 Å². The Bertz CT molecular complexity index is 338. The topological polar surface area (TPSA) is 46.5 Å². The number of benzene rings is 1. The largest absolute Gasteiger partial charge is 0.490 e. The zero-order valence-electron chi connectivity index (χ0n) is 8.64. The summed E-state index contributed by atoms with van der Waals surface area (Å²) in [5.74, 6) is -0.242. The second-order valence-corrected chi connectivity index (χ2v) is 3.02. The van der Waals surface area contributed by atoms with Gasteiger partial charge in [-0.3, -0.25) is 0 Å². The first-order valence-corrected chi connectivity index (χ1v) is 4.85. The van der Waals surface area contributed by atoms with Gasteiger partial charge >= 0.3 is 5.97 Å². The minimum Gasteiger partial charge on any atom is -0.490 e. The van der Waals surface area contributed by atoms with Crippen molar-refractivity contribution in [3.8, 4) is 5.75 Å². The summed E-state index contributed by atoms with van der Waals surface area (Å²) in [6, 6.07) is 6.37. The molecule has 0 aliphatic carbocycles. The van der Waals surface area contributed by atoms with Crippen LogP contribution in [0, 0.1) is 0 Å². The molecule has 80 valence electrons. The number of carboxylic acids is 1. The van der Waals surface area contributed by atoms with Crippen molar-refractivity contribution in [2.24, 2.45) is 0 Å². The molecule has 3 heteroatoms.